The van der Waals surface area contributed by atoms with Crippen LogP contribution in [0.25, 0.3) is 0 Å². The molecular formula is C12H17N3O4S. The molecule has 1 aromatic carbocycles. The van der Waals surface area contributed by atoms with Crippen molar-refractivity contribution in [2.45, 2.75) is 13.3 Å². The summed E-state index contributed by atoms with van der Waals surface area (Å²) >= 11 is 1.79. The summed E-state index contributed by atoms with van der Waals surface area (Å²) in [6.45, 7) is 2.49. The number of rotatable bonds is 8. The lowest BCUT2D eigenvalue weighted by atomic mass is 10.1. The maximum absolute atomic E-state index is 11.0. The Kier molecular flexibility index (Phi) is 6.65. The summed E-state index contributed by atoms with van der Waals surface area (Å²) in [4.78, 5) is 10.4. The first kappa shape index (κ1) is 16.1. The van der Waals surface area contributed by atoms with Gasteiger partial charge >= 0.3 is 5.69 Å². The van der Waals surface area contributed by atoms with Gasteiger partial charge in [-0.2, -0.15) is 11.8 Å². The number of nitrogens with zero attached hydrogens (tertiary/aromatic N) is 2. The molecule has 110 valence electrons. The molecule has 7 nitrogen and oxygen atoms in total. The zero-order valence-electron chi connectivity index (χ0n) is 11.1. The maximum atomic E-state index is 11.0. The Hall–Kier alpha value is -1.96. The van der Waals surface area contributed by atoms with E-state index in [0.717, 1.165) is 17.9 Å². The molecule has 3 N–H and O–H groups in total. The van der Waals surface area contributed by atoms with Crippen molar-refractivity contribution < 1.29 is 14.9 Å². The van der Waals surface area contributed by atoms with Gasteiger partial charge in [-0.3, -0.25) is 10.1 Å². The van der Waals surface area contributed by atoms with Crippen molar-refractivity contribution in [1.82, 2.24) is 0 Å². The number of nitro benzene ring substituents is 1. The lowest BCUT2D eigenvalue weighted by Gasteiger charge is -2.07. The van der Waals surface area contributed by atoms with Crippen LogP contribution in [0.15, 0.2) is 23.4 Å². The van der Waals surface area contributed by atoms with Crippen molar-refractivity contribution in [3.8, 4) is 5.75 Å². The highest BCUT2D eigenvalue weighted by Gasteiger charge is 2.17. The van der Waals surface area contributed by atoms with E-state index in [-0.39, 0.29) is 22.8 Å². The molecule has 0 fully saturated rings. The number of nitro groups is 1. The second-order valence-corrected chi connectivity index (χ2v) is 5.22. The molecule has 0 heterocycles. The Morgan fingerprint density at radius 2 is 2.35 bits per heavy atom. The van der Waals surface area contributed by atoms with E-state index in [9.17, 15) is 10.1 Å². The Bertz CT molecular complexity index is 494. The van der Waals surface area contributed by atoms with E-state index in [1.165, 1.54) is 18.2 Å². The second-order valence-electron chi connectivity index (χ2n) is 3.82. The van der Waals surface area contributed by atoms with Crippen LogP contribution in [0.4, 0.5) is 5.69 Å². The van der Waals surface area contributed by atoms with Crippen molar-refractivity contribution in [2.75, 3.05) is 18.1 Å². The van der Waals surface area contributed by atoms with Crippen LogP contribution in [-0.2, 0) is 0 Å². The standard InChI is InChI=1S/C12H17N3O4S/c1-2-20-7-3-6-19-11-5-4-9(12(13)14-16)8-10(11)15(17)18/h4-5,8,16H,2-3,6-7H2,1H3,(H2,13,14). The number of thioether (sulfide) groups is 1. The van der Waals surface area contributed by atoms with Gasteiger partial charge in [-0.05, 0) is 30.1 Å². The van der Waals surface area contributed by atoms with Gasteiger partial charge in [-0.1, -0.05) is 12.1 Å². The number of hydrogen-bond acceptors (Lipinski definition) is 6. The lowest BCUT2D eigenvalue weighted by Crippen LogP contribution is -2.13. The molecule has 0 unspecified atom stereocenters. The van der Waals surface area contributed by atoms with Gasteiger partial charge in [-0.25, -0.2) is 0 Å². The van der Waals surface area contributed by atoms with E-state index < -0.39 is 4.92 Å². The van der Waals surface area contributed by atoms with Crippen molar-refractivity contribution in [1.29, 1.82) is 0 Å². The first-order valence-corrected chi connectivity index (χ1v) is 7.22. The molecule has 20 heavy (non-hydrogen) atoms. The topological polar surface area (TPSA) is 111 Å². The largest absolute Gasteiger partial charge is 0.487 e. The van der Waals surface area contributed by atoms with Crippen LogP contribution in [-0.4, -0.2) is 34.1 Å². The number of ether oxygens (including phenoxy) is 1. The van der Waals surface area contributed by atoms with Crippen LogP contribution >= 0.6 is 11.8 Å². The molecule has 1 aromatic rings. The van der Waals surface area contributed by atoms with Crippen LogP contribution in [0.5, 0.6) is 5.75 Å². The predicted molar refractivity (Wildman–Crippen MR) is 78.7 cm³/mol. The van der Waals surface area contributed by atoms with Gasteiger partial charge in [0.2, 0.25) is 0 Å². The molecule has 0 aliphatic carbocycles. The third-order valence-electron chi connectivity index (χ3n) is 2.45. The number of amidine groups is 1. The molecule has 0 spiro atoms. The van der Waals surface area contributed by atoms with E-state index in [4.69, 9.17) is 15.7 Å². The van der Waals surface area contributed by atoms with Crippen molar-refractivity contribution in [2.24, 2.45) is 10.9 Å². The Morgan fingerprint density at radius 3 is 2.95 bits per heavy atom. The number of benzene rings is 1. The summed E-state index contributed by atoms with van der Waals surface area (Å²) in [5.41, 5.74) is 5.48. The Morgan fingerprint density at radius 1 is 1.60 bits per heavy atom. The van der Waals surface area contributed by atoms with Gasteiger partial charge in [0, 0.05) is 11.6 Å². The van der Waals surface area contributed by atoms with Crippen molar-refractivity contribution in [3.05, 3.63) is 33.9 Å². The van der Waals surface area contributed by atoms with Crippen LogP contribution < -0.4 is 10.5 Å². The quantitative estimate of drug-likeness (QED) is 0.190. The monoisotopic (exact) mass is 299 g/mol. The summed E-state index contributed by atoms with van der Waals surface area (Å²) < 4.78 is 5.42. The molecule has 0 saturated heterocycles. The highest BCUT2D eigenvalue weighted by atomic mass is 32.2. The van der Waals surface area contributed by atoms with Gasteiger partial charge in [0.1, 0.15) is 0 Å². The fraction of sp³-hybridized carbons (Fsp3) is 0.417. The SMILES string of the molecule is CCSCCCOc1ccc(/C(N)=N/O)cc1[N+](=O)[O-]. The highest BCUT2D eigenvalue weighted by molar-refractivity contribution is 7.99. The molecule has 0 radical (unpaired) electrons. The molecule has 0 bridgehead atoms. The molecule has 0 amide bonds. The minimum atomic E-state index is -0.551. The lowest BCUT2D eigenvalue weighted by molar-refractivity contribution is -0.385. The Balaban J connectivity index is 2.78. The summed E-state index contributed by atoms with van der Waals surface area (Å²) in [5, 5.41) is 22.4. The molecule has 0 aliphatic rings. The molecule has 0 aliphatic heterocycles. The summed E-state index contributed by atoms with van der Waals surface area (Å²) in [5.74, 6) is 1.99. The number of nitrogens with two attached hydrogens (primary N) is 1. The highest BCUT2D eigenvalue weighted by Crippen LogP contribution is 2.28. The van der Waals surface area contributed by atoms with Gasteiger partial charge < -0.3 is 15.7 Å². The number of hydrogen-bond donors (Lipinski definition) is 2. The first-order chi connectivity index (χ1) is 9.60. The van der Waals surface area contributed by atoms with Crippen LogP contribution in [0.1, 0.15) is 18.9 Å². The van der Waals surface area contributed by atoms with Crippen molar-refractivity contribution >= 4 is 23.3 Å². The summed E-state index contributed by atoms with van der Waals surface area (Å²) in [6, 6.07) is 4.20. The van der Waals surface area contributed by atoms with E-state index in [1.807, 2.05) is 0 Å². The third-order valence-corrected chi connectivity index (χ3v) is 3.44. The van der Waals surface area contributed by atoms with Gasteiger partial charge in [0.15, 0.2) is 11.6 Å². The average Bonchev–Trinajstić information content (AvgIpc) is 2.46. The van der Waals surface area contributed by atoms with Gasteiger partial charge in [0.25, 0.3) is 0 Å². The van der Waals surface area contributed by atoms with E-state index in [1.54, 1.807) is 11.8 Å². The van der Waals surface area contributed by atoms with Crippen molar-refractivity contribution in [3.63, 3.8) is 0 Å². The molecule has 0 saturated carbocycles. The normalized spacial score (nSPS) is 11.3. The fourth-order valence-electron chi connectivity index (χ4n) is 1.49. The Labute approximate surface area is 120 Å². The zero-order chi connectivity index (χ0) is 15.0. The van der Waals surface area contributed by atoms with Crippen LogP contribution in [0.2, 0.25) is 0 Å². The zero-order valence-corrected chi connectivity index (χ0v) is 11.9. The average molecular weight is 299 g/mol. The smallest absolute Gasteiger partial charge is 0.311 e. The fourth-order valence-corrected chi connectivity index (χ4v) is 2.10. The van der Waals surface area contributed by atoms with E-state index >= 15 is 0 Å². The van der Waals surface area contributed by atoms with E-state index in [0.29, 0.717) is 6.61 Å². The number of oxime groups is 1. The van der Waals surface area contributed by atoms with E-state index in [2.05, 4.69) is 12.1 Å². The molecule has 8 heteroatoms. The molecule has 0 aromatic heterocycles. The predicted octanol–water partition coefficient (Wildman–Crippen LogP) is 2.21. The second kappa shape index (κ2) is 8.26. The van der Waals surface area contributed by atoms with Gasteiger partial charge in [0.05, 0.1) is 11.5 Å². The van der Waals surface area contributed by atoms with Crippen LogP contribution in [0.3, 0.4) is 0 Å². The summed E-state index contributed by atoms with van der Waals surface area (Å²) in [7, 11) is 0. The van der Waals surface area contributed by atoms with Crippen LogP contribution in [0, 0.1) is 10.1 Å². The molecule has 1 rings (SSSR count). The summed E-state index contributed by atoms with van der Waals surface area (Å²) in [6.07, 6.45) is 0.817. The minimum Gasteiger partial charge on any atom is -0.487 e. The molecule has 0 atom stereocenters. The molecular weight excluding hydrogens is 282 g/mol. The minimum absolute atomic E-state index is 0.181. The maximum Gasteiger partial charge on any atom is 0.311 e. The van der Waals surface area contributed by atoms with Gasteiger partial charge in [-0.15, -0.1) is 0 Å². The third kappa shape index (κ3) is 4.61. The first-order valence-electron chi connectivity index (χ1n) is 6.07.